The maximum absolute atomic E-state index is 11.2. The monoisotopic (exact) mass is 301 g/mol. The Morgan fingerprint density at radius 3 is 2.77 bits per heavy atom. The van der Waals surface area contributed by atoms with Gasteiger partial charge in [0.05, 0.1) is 0 Å². The molecule has 6 nitrogen and oxygen atoms in total. The zero-order chi connectivity index (χ0) is 15.8. The van der Waals surface area contributed by atoms with Gasteiger partial charge in [-0.25, -0.2) is 9.78 Å². The van der Waals surface area contributed by atoms with Crippen LogP contribution in [0, 0.1) is 0 Å². The Labute approximate surface area is 129 Å². The van der Waals surface area contributed by atoms with Crippen molar-refractivity contribution in [3.05, 3.63) is 42.6 Å². The van der Waals surface area contributed by atoms with E-state index in [0.717, 1.165) is 12.8 Å². The molecule has 0 aliphatic carbocycles. The first-order chi connectivity index (χ1) is 10.7. The molecule has 1 heterocycles. The summed E-state index contributed by atoms with van der Waals surface area (Å²) in [4.78, 5) is 19.5. The Balaban J connectivity index is 2.05. The molecular formula is C16H19N3O3. The predicted octanol–water partition coefficient (Wildman–Crippen LogP) is 3.32. The van der Waals surface area contributed by atoms with Gasteiger partial charge in [0.25, 0.3) is 0 Å². The number of nitrogens with one attached hydrogen (secondary N) is 1. The average Bonchev–Trinajstić information content (AvgIpc) is 2.52. The molecule has 0 radical (unpaired) electrons. The molecule has 1 atom stereocenters. The van der Waals surface area contributed by atoms with Crippen molar-refractivity contribution in [1.29, 1.82) is 0 Å². The van der Waals surface area contributed by atoms with E-state index in [1.165, 1.54) is 6.20 Å². The van der Waals surface area contributed by atoms with Crippen LogP contribution >= 0.6 is 0 Å². The molecule has 1 aromatic heterocycles. The van der Waals surface area contributed by atoms with E-state index in [9.17, 15) is 9.90 Å². The van der Waals surface area contributed by atoms with Gasteiger partial charge >= 0.3 is 5.97 Å². The molecule has 2 aromatic rings. The second-order valence-corrected chi connectivity index (χ2v) is 4.81. The molecule has 1 aromatic carbocycles. The number of hydrogen-bond acceptors (Lipinski definition) is 5. The van der Waals surface area contributed by atoms with Gasteiger partial charge in [-0.05, 0) is 18.6 Å². The molecule has 1 unspecified atom stereocenters. The van der Waals surface area contributed by atoms with Crippen LogP contribution in [0.1, 0.15) is 26.2 Å². The summed E-state index contributed by atoms with van der Waals surface area (Å²) in [5.74, 6) is 0.361. The summed E-state index contributed by atoms with van der Waals surface area (Å²) >= 11 is 0. The minimum atomic E-state index is -0.911. The van der Waals surface area contributed by atoms with Crippen molar-refractivity contribution < 1.29 is 14.6 Å². The molecule has 0 aliphatic rings. The highest BCUT2D eigenvalue weighted by molar-refractivity contribution is 5.76. The van der Waals surface area contributed by atoms with E-state index < -0.39 is 12.0 Å². The molecule has 0 saturated heterocycles. The lowest BCUT2D eigenvalue weighted by Gasteiger charge is -2.14. The SMILES string of the molecule is CCCCC(Nc1nccc(Oc2ccccc2)n1)C(=O)O. The third kappa shape index (κ3) is 4.73. The Morgan fingerprint density at radius 1 is 1.32 bits per heavy atom. The second kappa shape index (κ2) is 7.97. The fourth-order valence-corrected chi connectivity index (χ4v) is 1.90. The Morgan fingerprint density at radius 2 is 2.09 bits per heavy atom. The largest absolute Gasteiger partial charge is 0.480 e. The highest BCUT2D eigenvalue weighted by Gasteiger charge is 2.17. The summed E-state index contributed by atoms with van der Waals surface area (Å²) in [5, 5.41) is 12.1. The van der Waals surface area contributed by atoms with E-state index in [0.29, 0.717) is 18.1 Å². The number of ether oxygens (including phenoxy) is 1. The van der Waals surface area contributed by atoms with Gasteiger partial charge in [0.15, 0.2) is 0 Å². The van der Waals surface area contributed by atoms with Crippen molar-refractivity contribution in [2.45, 2.75) is 32.2 Å². The first kappa shape index (κ1) is 15.8. The molecule has 2 rings (SSSR count). The number of anilines is 1. The van der Waals surface area contributed by atoms with Crippen LogP contribution in [-0.4, -0.2) is 27.1 Å². The van der Waals surface area contributed by atoms with Gasteiger partial charge in [0.1, 0.15) is 11.8 Å². The van der Waals surface area contributed by atoms with Crippen LogP contribution in [0.5, 0.6) is 11.6 Å². The molecule has 116 valence electrons. The maximum atomic E-state index is 11.2. The van der Waals surface area contributed by atoms with Gasteiger partial charge in [-0.15, -0.1) is 0 Å². The van der Waals surface area contributed by atoms with Crippen molar-refractivity contribution in [3.63, 3.8) is 0 Å². The van der Waals surface area contributed by atoms with Gasteiger partial charge in [-0.2, -0.15) is 4.98 Å². The number of carbonyl (C=O) groups is 1. The molecule has 0 saturated carbocycles. The lowest BCUT2D eigenvalue weighted by molar-refractivity contribution is -0.138. The third-order valence-corrected chi connectivity index (χ3v) is 3.04. The third-order valence-electron chi connectivity index (χ3n) is 3.04. The van der Waals surface area contributed by atoms with Crippen LogP contribution in [0.2, 0.25) is 0 Å². The first-order valence-corrected chi connectivity index (χ1v) is 7.24. The number of unbranched alkanes of at least 4 members (excludes halogenated alkanes) is 1. The van der Waals surface area contributed by atoms with Crippen LogP contribution in [0.4, 0.5) is 5.95 Å². The zero-order valence-electron chi connectivity index (χ0n) is 12.4. The van der Waals surface area contributed by atoms with Crippen LogP contribution in [0.3, 0.4) is 0 Å². The number of aromatic nitrogens is 2. The summed E-state index contributed by atoms with van der Waals surface area (Å²) < 4.78 is 5.60. The van der Waals surface area contributed by atoms with Crippen LogP contribution in [0.15, 0.2) is 42.6 Å². The summed E-state index contributed by atoms with van der Waals surface area (Å²) in [7, 11) is 0. The second-order valence-electron chi connectivity index (χ2n) is 4.81. The van der Waals surface area contributed by atoms with Gasteiger partial charge in [0, 0.05) is 12.3 Å². The average molecular weight is 301 g/mol. The molecule has 0 aliphatic heterocycles. The molecule has 0 bridgehead atoms. The van der Waals surface area contributed by atoms with Gasteiger partial charge < -0.3 is 15.2 Å². The first-order valence-electron chi connectivity index (χ1n) is 7.24. The van der Waals surface area contributed by atoms with Crippen molar-refractivity contribution in [2.75, 3.05) is 5.32 Å². The smallest absolute Gasteiger partial charge is 0.326 e. The number of para-hydroxylation sites is 1. The number of nitrogens with zero attached hydrogens (tertiary/aromatic N) is 2. The number of benzene rings is 1. The van der Waals surface area contributed by atoms with Crippen LogP contribution < -0.4 is 10.1 Å². The fourth-order valence-electron chi connectivity index (χ4n) is 1.90. The Kier molecular flexibility index (Phi) is 5.71. The van der Waals surface area contributed by atoms with Crippen molar-refractivity contribution in [1.82, 2.24) is 9.97 Å². The topological polar surface area (TPSA) is 84.3 Å². The quantitative estimate of drug-likeness (QED) is 0.778. The van der Waals surface area contributed by atoms with Crippen LogP contribution in [0.25, 0.3) is 0 Å². The van der Waals surface area contributed by atoms with Gasteiger partial charge in [-0.3, -0.25) is 0 Å². The summed E-state index contributed by atoms with van der Waals surface area (Å²) in [6.07, 6.45) is 3.82. The fraction of sp³-hybridized carbons (Fsp3) is 0.312. The molecule has 22 heavy (non-hydrogen) atoms. The predicted molar refractivity (Wildman–Crippen MR) is 83.1 cm³/mol. The normalized spacial score (nSPS) is 11.7. The van der Waals surface area contributed by atoms with Crippen molar-refractivity contribution in [3.8, 4) is 11.6 Å². The number of aliphatic carboxylic acids is 1. The molecule has 0 spiro atoms. The lowest BCUT2D eigenvalue weighted by atomic mass is 10.1. The van der Waals surface area contributed by atoms with E-state index in [1.807, 2.05) is 37.3 Å². The molecule has 6 heteroatoms. The van der Waals surface area contributed by atoms with Crippen molar-refractivity contribution >= 4 is 11.9 Å². The van der Waals surface area contributed by atoms with E-state index in [4.69, 9.17) is 4.74 Å². The van der Waals surface area contributed by atoms with E-state index >= 15 is 0 Å². The summed E-state index contributed by atoms with van der Waals surface area (Å²) in [6.45, 7) is 2.02. The molecule has 2 N–H and O–H groups in total. The van der Waals surface area contributed by atoms with Crippen molar-refractivity contribution in [2.24, 2.45) is 0 Å². The minimum absolute atomic E-state index is 0.247. The number of rotatable bonds is 8. The van der Waals surface area contributed by atoms with E-state index in [2.05, 4.69) is 15.3 Å². The molecule has 0 fully saturated rings. The molecule has 0 amide bonds. The summed E-state index contributed by atoms with van der Waals surface area (Å²) in [5.41, 5.74) is 0. The lowest BCUT2D eigenvalue weighted by Crippen LogP contribution is -2.30. The standard InChI is InChI=1S/C16H19N3O3/c1-2-3-9-13(15(20)21)18-16-17-11-10-14(19-16)22-12-7-5-4-6-8-12/h4-8,10-11,13H,2-3,9H2,1H3,(H,20,21)(H,17,18,19). The zero-order valence-corrected chi connectivity index (χ0v) is 12.4. The number of carboxylic acids is 1. The molecular weight excluding hydrogens is 282 g/mol. The highest BCUT2D eigenvalue weighted by Crippen LogP contribution is 2.19. The minimum Gasteiger partial charge on any atom is -0.480 e. The Bertz CT molecular complexity index is 605. The number of hydrogen-bond donors (Lipinski definition) is 2. The summed E-state index contributed by atoms with van der Waals surface area (Å²) in [6, 6.07) is 10.2. The Hall–Kier alpha value is -2.63. The van der Waals surface area contributed by atoms with Gasteiger partial charge in [-0.1, -0.05) is 38.0 Å². The van der Waals surface area contributed by atoms with E-state index in [1.54, 1.807) is 6.07 Å². The van der Waals surface area contributed by atoms with E-state index in [-0.39, 0.29) is 5.95 Å². The maximum Gasteiger partial charge on any atom is 0.326 e. The van der Waals surface area contributed by atoms with Gasteiger partial charge in [0.2, 0.25) is 11.8 Å². The van der Waals surface area contributed by atoms with Crippen LogP contribution in [-0.2, 0) is 4.79 Å². The number of carboxylic acid groups (broad SMARTS) is 1. The highest BCUT2D eigenvalue weighted by atomic mass is 16.5.